The zero-order chi connectivity index (χ0) is 15.7. The van der Waals surface area contributed by atoms with E-state index in [0.717, 1.165) is 25.8 Å². The van der Waals surface area contributed by atoms with Gasteiger partial charge in [0.1, 0.15) is 5.54 Å². The van der Waals surface area contributed by atoms with Crippen LogP contribution in [0.25, 0.3) is 0 Å². The maximum atomic E-state index is 11.6. The summed E-state index contributed by atoms with van der Waals surface area (Å²) < 4.78 is 6.00. The molecule has 4 nitrogen and oxygen atoms in total. The van der Waals surface area contributed by atoms with Crippen LogP contribution in [-0.4, -0.2) is 35.9 Å². The molecule has 21 heavy (non-hydrogen) atoms. The number of carboxylic acids is 1. The van der Waals surface area contributed by atoms with Gasteiger partial charge >= 0.3 is 5.97 Å². The lowest BCUT2D eigenvalue weighted by molar-refractivity contribution is -0.145. The Morgan fingerprint density at radius 1 is 1.33 bits per heavy atom. The molecule has 1 rings (SSSR count). The van der Waals surface area contributed by atoms with Gasteiger partial charge in [0.25, 0.3) is 0 Å². The van der Waals surface area contributed by atoms with Crippen LogP contribution in [0.3, 0.4) is 0 Å². The fourth-order valence-corrected chi connectivity index (χ4v) is 3.23. The molecule has 1 fully saturated rings. The second-order valence-electron chi connectivity index (χ2n) is 6.44. The van der Waals surface area contributed by atoms with Crippen molar-refractivity contribution in [3.05, 3.63) is 0 Å². The number of rotatable bonds is 10. The van der Waals surface area contributed by atoms with Crippen LogP contribution in [0.1, 0.15) is 72.1 Å². The second kappa shape index (κ2) is 9.42. The molecule has 0 aliphatic heterocycles. The van der Waals surface area contributed by atoms with Gasteiger partial charge in [-0.05, 0) is 51.0 Å². The van der Waals surface area contributed by atoms with Crippen molar-refractivity contribution in [2.75, 3.05) is 13.2 Å². The molecule has 1 saturated carbocycles. The monoisotopic (exact) mass is 299 g/mol. The number of nitrogens with one attached hydrogen (secondary N) is 1. The smallest absolute Gasteiger partial charge is 0.323 e. The molecule has 1 aliphatic carbocycles. The predicted octanol–water partition coefficient (Wildman–Crippen LogP) is 3.59. The molecule has 0 bridgehead atoms. The molecule has 0 aromatic carbocycles. The van der Waals surface area contributed by atoms with Crippen molar-refractivity contribution in [3.8, 4) is 0 Å². The first-order valence-corrected chi connectivity index (χ1v) is 8.65. The number of carboxylic acid groups (broad SMARTS) is 1. The van der Waals surface area contributed by atoms with Crippen molar-refractivity contribution < 1.29 is 14.6 Å². The highest BCUT2D eigenvalue weighted by atomic mass is 16.5. The molecule has 0 amide bonds. The summed E-state index contributed by atoms with van der Waals surface area (Å²) in [6, 6.07) is 0. The van der Waals surface area contributed by atoms with E-state index in [1.54, 1.807) is 0 Å². The third kappa shape index (κ3) is 5.59. The zero-order valence-electron chi connectivity index (χ0n) is 14.0. The topological polar surface area (TPSA) is 58.6 Å². The summed E-state index contributed by atoms with van der Waals surface area (Å²) >= 11 is 0. The Kier molecular flexibility index (Phi) is 8.27. The first-order valence-electron chi connectivity index (χ1n) is 8.65. The lowest BCUT2D eigenvalue weighted by atomic mass is 9.88. The minimum absolute atomic E-state index is 0.378. The lowest BCUT2D eigenvalue weighted by Gasteiger charge is -2.31. The Hall–Kier alpha value is -0.610. The van der Waals surface area contributed by atoms with Crippen LogP contribution in [0.2, 0.25) is 0 Å². The Balaban J connectivity index is 2.37. The zero-order valence-corrected chi connectivity index (χ0v) is 14.0. The summed E-state index contributed by atoms with van der Waals surface area (Å²) in [6.45, 7) is 7.70. The fourth-order valence-electron chi connectivity index (χ4n) is 3.23. The maximum Gasteiger partial charge on any atom is 0.323 e. The highest BCUT2D eigenvalue weighted by molar-refractivity contribution is 5.78. The van der Waals surface area contributed by atoms with E-state index in [1.807, 2.05) is 6.92 Å². The summed E-state index contributed by atoms with van der Waals surface area (Å²) in [5.41, 5.74) is -0.780. The summed E-state index contributed by atoms with van der Waals surface area (Å²) in [5, 5.41) is 12.8. The Morgan fingerprint density at radius 3 is 2.62 bits per heavy atom. The molecule has 0 radical (unpaired) electrons. The minimum atomic E-state index is -0.780. The summed E-state index contributed by atoms with van der Waals surface area (Å²) in [4.78, 5) is 11.6. The van der Waals surface area contributed by atoms with Crippen molar-refractivity contribution in [1.82, 2.24) is 5.32 Å². The van der Waals surface area contributed by atoms with Crippen molar-refractivity contribution in [2.24, 2.45) is 5.92 Å². The molecular weight excluding hydrogens is 266 g/mol. The molecule has 4 heteroatoms. The van der Waals surface area contributed by atoms with Crippen molar-refractivity contribution in [2.45, 2.75) is 83.8 Å². The van der Waals surface area contributed by atoms with E-state index in [1.165, 1.54) is 19.3 Å². The van der Waals surface area contributed by atoms with Crippen molar-refractivity contribution in [3.63, 3.8) is 0 Å². The number of hydrogen-bond acceptors (Lipinski definition) is 3. The third-order valence-corrected chi connectivity index (χ3v) is 4.84. The van der Waals surface area contributed by atoms with E-state index in [4.69, 9.17) is 4.74 Å². The average molecular weight is 299 g/mol. The Bertz CT molecular complexity index is 308. The minimum Gasteiger partial charge on any atom is -0.480 e. The number of ether oxygens (including phenoxy) is 1. The van der Waals surface area contributed by atoms with E-state index >= 15 is 0 Å². The van der Waals surface area contributed by atoms with Crippen LogP contribution in [0, 0.1) is 5.92 Å². The maximum absolute atomic E-state index is 11.6. The first kappa shape index (κ1) is 18.4. The molecule has 3 atom stereocenters. The molecule has 0 heterocycles. The first-order chi connectivity index (χ1) is 10.1. The van der Waals surface area contributed by atoms with Gasteiger partial charge in [-0.3, -0.25) is 4.79 Å². The van der Waals surface area contributed by atoms with Gasteiger partial charge in [-0.15, -0.1) is 0 Å². The van der Waals surface area contributed by atoms with Crippen molar-refractivity contribution in [1.29, 1.82) is 0 Å². The van der Waals surface area contributed by atoms with Gasteiger partial charge in [-0.25, -0.2) is 0 Å². The quantitative estimate of drug-likeness (QED) is 0.605. The molecule has 1 aliphatic rings. The molecule has 0 aromatic rings. The van der Waals surface area contributed by atoms with E-state index in [0.29, 0.717) is 31.5 Å². The SMILES string of the molecule is CCCNC(CC)(CCCOC1CCCCC1C)C(=O)O. The second-order valence-corrected chi connectivity index (χ2v) is 6.44. The molecule has 0 spiro atoms. The number of aliphatic carboxylic acids is 1. The van der Waals surface area contributed by atoms with Gasteiger partial charge in [0.05, 0.1) is 6.10 Å². The average Bonchev–Trinajstić information content (AvgIpc) is 2.48. The summed E-state index contributed by atoms with van der Waals surface area (Å²) in [7, 11) is 0. The predicted molar refractivity (Wildman–Crippen MR) is 85.6 cm³/mol. The molecule has 0 aromatic heterocycles. The molecule has 0 saturated heterocycles. The van der Waals surface area contributed by atoms with Gasteiger partial charge in [-0.2, -0.15) is 0 Å². The van der Waals surface area contributed by atoms with E-state index in [-0.39, 0.29) is 0 Å². The van der Waals surface area contributed by atoms with Gasteiger partial charge < -0.3 is 15.2 Å². The van der Waals surface area contributed by atoms with Crippen LogP contribution in [0.15, 0.2) is 0 Å². The van der Waals surface area contributed by atoms with E-state index < -0.39 is 11.5 Å². The fraction of sp³-hybridized carbons (Fsp3) is 0.941. The molecule has 124 valence electrons. The van der Waals surface area contributed by atoms with Crippen LogP contribution in [0.4, 0.5) is 0 Å². The standard InChI is InChI=1S/C17H33NO3/c1-4-12-18-17(5-2,16(19)20)11-8-13-21-15-10-7-6-9-14(15)3/h14-15,18H,4-13H2,1-3H3,(H,19,20). The van der Waals surface area contributed by atoms with Crippen LogP contribution < -0.4 is 5.32 Å². The van der Waals surface area contributed by atoms with Gasteiger partial charge in [0.15, 0.2) is 0 Å². The number of hydrogen-bond donors (Lipinski definition) is 2. The summed E-state index contributed by atoms with van der Waals surface area (Å²) in [6.07, 6.45) is 8.39. The Morgan fingerprint density at radius 2 is 2.05 bits per heavy atom. The van der Waals surface area contributed by atoms with Gasteiger partial charge in [-0.1, -0.05) is 33.6 Å². The van der Waals surface area contributed by atoms with E-state index in [9.17, 15) is 9.90 Å². The largest absolute Gasteiger partial charge is 0.480 e. The molecule has 2 N–H and O–H groups in total. The third-order valence-electron chi connectivity index (χ3n) is 4.84. The highest BCUT2D eigenvalue weighted by Gasteiger charge is 2.35. The normalized spacial score (nSPS) is 25.5. The van der Waals surface area contributed by atoms with Crippen LogP contribution >= 0.6 is 0 Å². The Labute approximate surface area is 129 Å². The highest BCUT2D eigenvalue weighted by Crippen LogP contribution is 2.27. The van der Waals surface area contributed by atoms with Crippen molar-refractivity contribution >= 4 is 5.97 Å². The van der Waals surface area contributed by atoms with E-state index in [2.05, 4.69) is 19.2 Å². The molecular formula is C17H33NO3. The lowest BCUT2D eigenvalue weighted by Crippen LogP contribution is -2.52. The molecule has 3 unspecified atom stereocenters. The van der Waals surface area contributed by atoms with Gasteiger partial charge in [0, 0.05) is 6.61 Å². The van der Waals surface area contributed by atoms with Crippen LogP contribution in [0.5, 0.6) is 0 Å². The summed E-state index contributed by atoms with van der Waals surface area (Å²) in [5.74, 6) is -0.0862. The van der Waals surface area contributed by atoms with Crippen LogP contribution in [-0.2, 0) is 9.53 Å². The van der Waals surface area contributed by atoms with Gasteiger partial charge in [0.2, 0.25) is 0 Å². The number of carbonyl (C=O) groups is 1.